The molecule has 0 aliphatic carbocycles. The Hall–Kier alpha value is -1.81. The Morgan fingerprint density at radius 3 is 2.78 bits per heavy atom. The van der Waals surface area contributed by atoms with E-state index in [-0.39, 0.29) is 5.91 Å². The predicted octanol–water partition coefficient (Wildman–Crippen LogP) is 2.41. The van der Waals surface area contributed by atoms with E-state index in [1.807, 2.05) is 24.3 Å². The molecule has 5 heteroatoms. The minimum absolute atomic E-state index is 0.0982. The van der Waals surface area contributed by atoms with E-state index in [1.165, 1.54) is 0 Å². The number of benzene rings is 1. The van der Waals surface area contributed by atoms with Gasteiger partial charge >= 0.3 is 0 Å². The molecule has 1 amide bonds. The fourth-order valence-corrected chi connectivity index (χ4v) is 2.20. The zero-order valence-corrected chi connectivity index (χ0v) is 10.4. The van der Waals surface area contributed by atoms with Crippen molar-refractivity contribution in [1.29, 1.82) is 0 Å². The molecule has 1 aliphatic heterocycles. The number of carbonyl (C=O) groups excluding carboxylic acids is 1. The van der Waals surface area contributed by atoms with Gasteiger partial charge in [0.2, 0.25) is 0 Å². The standard InChI is InChI=1S/C13H12ClN3O/c14-9-5-3-8(4-6-9)12-16-10-2-1-7-15-13(18)11(10)17-12/h3-6H,1-2,7H2,(H,15,18)(H,16,17). The first-order chi connectivity index (χ1) is 8.74. The van der Waals surface area contributed by atoms with Crippen LogP contribution >= 0.6 is 11.6 Å². The Kier molecular flexibility index (Phi) is 2.80. The summed E-state index contributed by atoms with van der Waals surface area (Å²) in [7, 11) is 0. The Morgan fingerprint density at radius 1 is 1.22 bits per heavy atom. The van der Waals surface area contributed by atoms with Gasteiger partial charge in [0.25, 0.3) is 5.91 Å². The van der Waals surface area contributed by atoms with Gasteiger partial charge in [-0.05, 0) is 37.1 Å². The van der Waals surface area contributed by atoms with Crippen molar-refractivity contribution in [3.8, 4) is 11.4 Å². The Morgan fingerprint density at radius 2 is 2.00 bits per heavy atom. The van der Waals surface area contributed by atoms with Crippen molar-refractivity contribution in [1.82, 2.24) is 15.3 Å². The highest BCUT2D eigenvalue weighted by molar-refractivity contribution is 6.30. The molecular formula is C13H12ClN3O. The second-order valence-electron chi connectivity index (χ2n) is 4.28. The lowest BCUT2D eigenvalue weighted by atomic mass is 10.2. The van der Waals surface area contributed by atoms with Crippen molar-refractivity contribution in [3.05, 3.63) is 40.7 Å². The number of hydrogen-bond donors (Lipinski definition) is 2. The summed E-state index contributed by atoms with van der Waals surface area (Å²) < 4.78 is 0. The number of aryl methyl sites for hydroxylation is 1. The van der Waals surface area contributed by atoms with E-state index < -0.39 is 0 Å². The van der Waals surface area contributed by atoms with E-state index in [1.54, 1.807) is 0 Å². The number of H-pyrrole nitrogens is 1. The van der Waals surface area contributed by atoms with Crippen molar-refractivity contribution in [2.75, 3.05) is 6.54 Å². The third-order valence-electron chi connectivity index (χ3n) is 3.00. The Balaban J connectivity index is 2.02. The van der Waals surface area contributed by atoms with E-state index >= 15 is 0 Å². The highest BCUT2D eigenvalue weighted by atomic mass is 35.5. The molecule has 2 heterocycles. The second-order valence-corrected chi connectivity index (χ2v) is 4.72. The van der Waals surface area contributed by atoms with Crippen LogP contribution in [0.5, 0.6) is 0 Å². The summed E-state index contributed by atoms with van der Waals surface area (Å²) in [4.78, 5) is 19.4. The predicted molar refractivity (Wildman–Crippen MR) is 69.7 cm³/mol. The van der Waals surface area contributed by atoms with Crippen LogP contribution in [0.15, 0.2) is 24.3 Å². The normalized spacial score (nSPS) is 14.8. The number of nitrogens with one attached hydrogen (secondary N) is 2. The maximum atomic E-state index is 11.8. The van der Waals surface area contributed by atoms with E-state index in [2.05, 4.69) is 15.3 Å². The first-order valence-corrected chi connectivity index (χ1v) is 6.25. The summed E-state index contributed by atoms with van der Waals surface area (Å²) in [5.41, 5.74) is 2.35. The first kappa shape index (κ1) is 11.3. The highest BCUT2D eigenvalue weighted by Gasteiger charge is 2.20. The number of fused-ring (bicyclic) bond motifs is 1. The van der Waals surface area contributed by atoms with Crippen LogP contribution in [0.2, 0.25) is 5.02 Å². The number of amides is 1. The Labute approximate surface area is 109 Å². The molecule has 0 unspecified atom stereocenters. The molecule has 1 aromatic heterocycles. The monoisotopic (exact) mass is 261 g/mol. The first-order valence-electron chi connectivity index (χ1n) is 5.87. The van der Waals surface area contributed by atoms with Gasteiger partial charge in [0, 0.05) is 22.8 Å². The minimum Gasteiger partial charge on any atom is -0.351 e. The largest absolute Gasteiger partial charge is 0.351 e. The molecule has 92 valence electrons. The number of aromatic amines is 1. The molecule has 4 nitrogen and oxygen atoms in total. The van der Waals surface area contributed by atoms with Crippen molar-refractivity contribution in [3.63, 3.8) is 0 Å². The third-order valence-corrected chi connectivity index (χ3v) is 3.25. The molecule has 0 radical (unpaired) electrons. The number of hydrogen-bond acceptors (Lipinski definition) is 2. The van der Waals surface area contributed by atoms with Gasteiger partial charge in [0.05, 0.1) is 0 Å². The maximum Gasteiger partial charge on any atom is 0.271 e. The van der Waals surface area contributed by atoms with Gasteiger partial charge in [-0.2, -0.15) is 0 Å². The molecule has 1 aromatic carbocycles. The van der Waals surface area contributed by atoms with Gasteiger partial charge < -0.3 is 10.3 Å². The molecule has 2 N–H and O–H groups in total. The fraction of sp³-hybridized carbons (Fsp3) is 0.231. The summed E-state index contributed by atoms with van der Waals surface area (Å²) in [6.45, 7) is 0.708. The van der Waals surface area contributed by atoms with Crippen molar-refractivity contribution >= 4 is 17.5 Å². The molecule has 0 saturated carbocycles. The summed E-state index contributed by atoms with van der Waals surface area (Å²) in [6, 6.07) is 7.40. The molecular weight excluding hydrogens is 250 g/mol. The van der Waals surface area contributed by atoms with Crippen LogP contribution in [0.3, 0.4) is 0 Å². The molecule has 18 heavy (non-hydrogen) atoms. The number of rotatable bonds is 1. The molecule has 2 aromatic rings. The molecule has 0 fully saturated rings. The van der Waals surface area contributed by atoms with E-state index in [0.717, 1.165) is 24.1 Å². The smallest absolute Gasteiger partial charge is 0.271 e. The quantitative estimate of drug-likeness (QED) is 0.828. The zero-order valence-electron chi connectivity index (χ0n) is 9.66. The lowest BCUT2D eigenvalue weighted by Crippen LogP contribution is -2.23. The highest BCUT2D eigenvalue weighted by Crippen LogP contribution is 2.22. The average Bonchev–Trinajstić information content (AvgIpc) is 2.72. The molecule has 0 atom stereocenters. The van der Waals surface area contributed by atoms with Crippen molar-refractivity contribution in [2.45, 2.75) is 12.8 Å². The molecule has 3 rings (SSSR count). The van der Waals surface area contributed by atoms with Gasteiger partial charge in [0.15, 0.2) is 0 Å². The fourth-order valence-electron chi connectivity index (χ4n) is 2.07. The van der Waals surface area contributed by atoms with Crippen LogP contribution in [-0.4, -0.2) is 22.4 Å². The zero-order chi connectivity index (χ0) is 12.5. The third kappa shape index (κ3) is 1.99. The number of carbonyl (C=O) groups is 1. The maximum absolute atomic E-state index is 11.8. The van der Waals surface area contributed by atoms with E-state index in [4.69, 9.17) is 11.6 Å². The number of nitrogens with zero attached hydrogens (tertiary/aromatic N) is 1. The minimum atomic E-state index is -0.0982. The second kappa shape index (κ2) is 4.46. The van der Waals surface area contributed by atoms with Crippen LogP contribution in [-0.2, 0) is 6.42 Å². The van der Waals surface area contributed by atoms with Crippen molar-refractivity contribution in [2.24, 2.45) is 0 Å². The van der Waals surface area contributed by atoms with Crippen LogP contribution in [0.25, 0.3) is 11.4 Å². The van der Waals surface area contributed by atoms with Gasteiger partial charge in [-0.25, -0.2) is 4.98 Å². The lowest BCUT2D eigenvalue weighted by molar-refractivity contribution is 0.0951. The topological polar surface area (TPSA) is 57.8 Å². The molecule has 0 spiro atoms. The summed E-state index contributed by atoms with van der Waals surface area (Å²) in [5, 5.41) is 3.52. The molecule has 0 bridgehead atoms. The molecule has 1 aliphatic rings. The van der Waals surface area contributed by atoms with Gasteiger partial charge in [-0.1, -0.05) is 11.6 Å². The molecule has 0 saturated heterocycles. The SMILES string of the molecule is O=C1NCCCc2[nH]c(-c3ccc(Cl)cc3)nc21. The lowest BCUT2D eigenvalue weighted by Gasteiger charge is -1.98. The number of aromatic nitrogens is 2. The van der Waals surface area contributed by atoms with E-state index in [9.17, 15) is 4.79 Å². The van der Waals surface area contributed by atoms with Crippen LogP contribution in [0.1, 0.15) is 22.6 Å². The van der Waals surface area contributed by atoms with Gasteiger partial charge in [-0.15, -0.1) is 0 Å². The van der Waals surface area contributed by atoms with Crippen LogP contribution < -0.4 is 5.32 Å². The summed E-state index contributed by atoms with van der Waals surface area (Å²) >= 11 is 5.85. The van der Waals surface area contributed by atoms with Crippen LogP contribution in [0.4, 0.5) is 0 Å². The average molecular weight is 262 g/mol. The van der Waals surface area contributed by atoms with Gasteiger partial charge in [-0.3, -0.25) is 4.79 Å². The van der Waals surface area contributed by atoms with Crippen molar-refractivity contribution < 1.29 is 4.79 Å². The summed E-state index contributed by atoms with van der Waals surface area (Å²) in [5.74, 6) is 0.618. The van der Waals surface area contributed by atoms with Gasteiger partial charge in [0.1, 0.15) is 11.5 Å². The number of halogens is 1. The number of imidazole rings is 1. The van der Waals surface area contributed by atoms with E-state index in [0.29, 0.717) is 23.1 Å². The summed E-state index contributed by atoms with van der Waals surface area (Å²) in [6.07, 6.45) is 1.77. The van der Waals surface area contributed by atoms with Crippen LogP contribution in [0, 0.1) is 0 Å². The Bertz CT molecular complexity index is 589.